The molecule has 0 saturated carbocycles. The molecule has 8 heteroatoms. The minimum Gasteiger partial charge on any atom is -0.476 e. The van der Waals surface area contributed by atoms with Gasteiger partial charge >= 0.3 is 5.97 Å². The SMILES string of the molecule is CN1CCN(c2cncc(C(=O)O)n2)CC1.Cl.Cl. The lowest BCUT2D eigenvalue weighted by atomic mass is 10.3. The molecule has 2 heterocycles. The van der Waals surface area contributed by atoms with Crippen LogP contribution in [0.4, 0.5) is 5.82 Å². The lowest BCUT2D eigenvalue weighted by Gasteiger charge is -2.32. The third kappa shape index (κ3) is 3.97. The molecule has 18 heavy (non-hydrogen) atoms. The Bertz CT molecular complexity index is 397. The van der Waals surface area contributed by atoms with E-state index in [-0.39, 0.29) is 30.5 Å². The molecule has 0 spiro atoms. The molecule has 0 radical (unpaired) electrons. The number of carboxylic acids is 1. The number of anilines is 1. The number of rotatable bonds is 2. The molecular weight excluding hydrogens is 279 g/mol. The highest BCUT2D eigenvalue weighted by Crippen LogP contribution is 2.12. The number of aromatic nitrogens is 2. The summed E-state index contributed by atoms with van der Waals surface area (Å²) in [7, 11) is 2.07. The monoisotopic (exact) mass is 294 g/mol. The van der Waals surface area contributed by atoms with Gasteiger partial charge in [-0.2, -0.15) is 0 Å². The van der Waals surface area contributed by atoms with Crippen molar-refractivity contribution in [1.29, 1.82) is 0 Å². The Morgan fingerprint density at radius 3 is 2.39 bits per heavy atom. The number of nitrogens with zero attached hydrogens (tertiary/aromatic N) is 4. The van der Waals surface area contributed by atoms with E-state index in [0.717, 1.165) is 26.2 Å². The third-order valence-electron chi connectivity index (χ3n) is 2.67. The van der Waals surface area contributed by atoms with Crippen LogP contribution < -0.4 is 4.90 Å². The van der Waals surface area contributed by atoms with Gasteiger partial charge in [0.25, 0.3) is 0 Å². The molecule has 1 aromatic heterocycles. The van der Waals surface area contributed by atoms with Crippen LogP contribution in [0.15, 0.2) is 12.4 Å². The van der Waals surface area contributed by atoms with Crippen LogP contribution in [0.2, 0.25) is 0 Å². The number of likely N-dealkylation sites (N-methyl/N-ethyl adjacent to an activating group) is 1. The second-order valence-corrected chi connectivity index (χ2v) is 3.86. The van der Waals surface area contributed by atoms with Crippen molar-refractivity contribution >= 4 is 36.6 Å². The maximum Gasteiger partial charge on any atom is 0.356 e. The minimum atomic E-state index is -1.04. The standard InChI is InChI=1S/C10H14N4O2.2ClH/c1-13-2-4-14(5-3-13)9-7-11-6-8(12-9)10(15)16;;/h6-7H,2-5H2,1H3,(H,15,16);2*1H. The average Bonchev–Trinajstić information content (AvgIpc) is 2.30. The van der Waals surface area contributed by atoms with Gasteiger partial charge in [0, 0.05) is 26.2 Å². The molecule has 102 valence electrons. The predicted octanol–water partition coefficient (Wildman–Crippen LogP) is 0.770. The van der Waals surface area contributed by atoms with Crippen LogP contribution in [0, 0.1) is 0 Å². The quantitative estimate of drug-likeness (QED) is 0.869. The van der Waals surface area contributed by atoms with Crippen LogP contribution in [0.3, 0.4) is 0 Å². The Balaban J connectivity index is 0.00000144. The van der Waals surface area contributed by atoms with Crippen molar-refractivity contribution in [3.8, 4) is 0 Å². The molecule has 6 nitrogen and oxygen atoms in total. The highest BCUT2D eigenvalue weighted by atomic mass is 35.5. The second kappa shape index (κ2) is 7.35. The summed E-state index contributed by atoms with van der Waals surface area (Å²) in [6, 6.07) is 0. The Kier molecular flexibility index (Phi) is 6.90. The van der Waals surface area contributed by atoms with Gasteiger partial charge in [0.15, 0.2) is 5.69 Å². The van der Waals surface area contributed by atoms with Crippen LogP contribution in [0.5, 0.6) is 0 Å². The first-order valence-electron chi connectivity index (χ1n) is 5.15. The van der Waals surface area contributed by atoms with Gasteiger partial charge in [0.1, 0.15) is 5.82 Å². The highest BCUT2D eigenvalue weighted by Gasteiger charge is 2.16. The predicted molar refractivity (Wildman–Crippen MR) is 73.2 cm³/mol. The summed E-state index contributed by atoms with van der Waals surface area (Å²) in [4.78, 5) is 23.0. The number of hydrogen-bond donors (Lipinski definition) is 1. The van der Waals surface area contributed by atoms with E-state index in [2.05, 4.69) is 26.8 Å². The molecule has 0 aromatic carbocycles. The summed E-state index contributed by atoms with van der Waals surface area (Å²) in [5.41, 5.74) is -0.00331. The molecule has 1 aromatic rings. The maximum atomic E-state index is 10.8. The highest BCUT2D eigenvalue weighted by molar-refractivity contribution is 5.86. The number of carboxylic acid groups (broad SMARTS) is 1. The first-order valence-corrected chi connectivity index (χ1v) is 5.15. The average molecular weight is 295 g/mol. The molecule has 0 atom stereocenters. The molecule has 0 aliphatic carbocycles. The summed E-state index contributed by atoms with van der Waals surface area (Å²) in [5, 5.41) is 8.82. The fraction of sp³-hybridized carbons (Fsp3) is 0.500. The Morgan fingerprint density at radius 1 is 1.22 bits per heavy atom. The van der Waals surface area contributed by atoms with Gasteiger partial charge in [-0.3, -0.25) is 4.98 Å². The Labute approximate surface area is 118 Å². The molecule has 0 unspecified atom stereocenters. The topological polar surface area (TPSA) is 69.6 Å². The number of carbonyl (C=O) groups is 1. The van der Waals surface area contributed by atoms with Crippen molar-refractivity contribution in [2.75, 3.05) is 38.1 Å². The van der Waals surface area contributed by atoms with E-state index in [4.69, 9.17) is 5.11 Å². The summed E-state index contributed by atoms with van der Waals surface area (Å²) in [6.07, 6.45) is 2.87. The van der Waals surface area contributed by atoms with Gasteiger partial charge in [-0.1, -0.05) is 0 Å². The van der Waals surface area contributed by atoms with Crippen molar-refractivity contribution < 1.29 is 9.90 Å². The molecule has 0 bridgehead atoms. The zero-order valence-electron chi connectivity index (χ0n) is 9.94. The molecule has 0 amide bonds. The van der Waals surface area contributed by atoms with E-state index in [1.165, 1.54) is 6.20 Å². The fourth-order valence-electron chi connectivity index (χ4n) is 1.65. The molecule has 1 N–H and O–H groups in total. The normalized spacial score (nSPS) is 15.5. The minimum absolute atomic E-state index is 0. The van der Waals surface area contributed by atoms with Gasteiger partial charge in [-0.05, 0) is 7.05 Å². The van der Waals surface area contributed by atoms with Gasteiger partial charge in [-0.15, -0.1) is 24.8 Å². The van der Waals surface area contributed by atoms with Gasteiger partial charge < -0.3 is 14.9 Å². The fourth-order valence-corrected chi connectivity index (χ4v) is 1.65. The van der Waals surface area contributed by atoms with E-state index in [1.54, 1.807) is 6.20 Å². The first kappa shape index (κ1) is 16.9. The van der Waals surface area contributed by atoms with E-state index >= 15 is 0 Å². The molecular formula is C10H16Cl2N4O2. The van der Waals surface area contributed by atoms with E-state index in [1.807, 2.05) is 0 Å². The van der Waals surface area contributed by atoms with E-state index in [0.29, 0.717) is 5.82 Å². The molecule has 2 rings (SSSR count). The van der Waals surface area contributed by atoms with E-state index < -0.39 is 5.97 Å². The van der Waals surface area contributed by atoms with Crippen molar-refractivity contribution in [2.24, 2.45) is 0 Å². The summed E-state index contributed by atoms with van der Waals surface area (Å²) in [6.45, 7) is 3.63. The largest absolute Gasteiger partial charge is 0.476 e. The van der Waals surface area contributed by atoms with Crippen molar-refractivity contribution in [3.63, 3.8) is 0 Å². The number of hydrogen-bond acceptors (Lipinski definition) is 5. The van der Waals surface area contributed by atoms with Crippen molar-refractivity contribution in [2.45, 2.75) is 0 Å². The maximum absolute atomic E-state index is 10.8. The van der Waals surface area contributed by atoms with Crippen LogP contribution in [-0.4, -0.2) is 59.2 Å². The van der Waals surface area contributed by atoms with Crippen LogP contribution in [-0.2, 0) is 0 Å². The van der Waals surface area contributed by atoms with Gasteiger partial charge in [0.05, 0.1) is 12.4 Å². The van der Waals surface area contributed by atoms with Crippen molar-refractivity contribution in [1.82, 2.24) is 14.9 Å². The molecule has 1 aliphatic heterocycles. The summed E-state index contributed by atoms with van der Waals surface area (Å²) >= 11 is 0. The van der Waals surface area contributed by atoms with Crippen LogP contribution in [0.1, 0.15) is 10.5 Å². The zero-order valence-corrected chi connectivity index (χ0v) is 11.6. The van der Waals surface area contributed by atoms with Gasteiger partial charge in [-0.25, -0.2) is 9.78 Å². The lowest BCUT2D eigenvalue weighted by Crippen LogP contribution is -2.45. The number of aromatic carboxylic acids is 1. The van der Waals surface area contributed by atoms with Crippen LogP contribution >= 0.6 is 24.8 Å². The second-order valence-electron chi connectivity index (χ2n) is 3.86. The number of halogens is 2. The smallest absolute Gasteiger partial charge is 0.356 e. The lowest BCUT2D eigenvalue weighted by molar-refractivity contribution is 0.0690. The number of piperazine rings is 1. The summed E-state index contributed by atoms with van der Waals surface area (Å²) < 4.78 is 0. The molecule has 1 aliphatic rings. The third-order valence-corrected chi connectivity index (χ3v) is 2.67. The van der Waals surface area contributed by atoms with Gasteiger partial charge in [0.2, 0.25) is 0 Å². The Hall–Kier alpha value is -1.11. The Morgan fingerprint density at radius 2 is 1.83 bits per heavy atom. The molecule has 1 saturated heterocycles. The summed E-state index contributed by atoms with van der Waals surface area (Å²) in [5.74, 6) is -0.392. The van der Waals surface area contributed by atoms with Crippen LogP contribution in [0.25, 0.3) is 0 Å². The van der Waals surface area contributed by atoms with Crippen molar-refractivity contribution in [3.05, 3.63) is 18.1 Å². The zero-order chi connectivity index (χ0) is 11.5. The molecule has 1 fully saturated rings. The van der Waals surface area contributed by atoms with E-state index in [9.17, 15) is 4.79 Å². The first-order chi connectivity index (χ1) is 7.66.